The normalized spacial score (nSPS) is 19.3. The Morgan fingerprint density at radius 3 is 3.06 bits per heavy atom. The van der Waals surface area contributed by atoms with Gasteiger partial charge < -0.3 is 15.6 Å². The highest BCUT2D eigenvalue weighted by atomic mass is 16.1. The summed E-state index contributed by atoms with van der Waals surface area (Å²) in [6.45, 7) is 3.52. The molecule has 0 saturated carbocycles. The Morgan fingerprint density at radius 2 is 2.33 bits per heavy atom. The Balaban J connectivity index is 2.17. The van der Waals surface area contributed by atoms with Crippen molar-refractivity contribution in [1.82, 2.24) is 9.88 Å². The molecule has 1 unspecified atom stereocenters. The molecule has 1 atom stereocenters. The van der Waals surface area contributed by atoms with E-state index >= 15 is 0 Å². The number of nitrogens with zero attached hydrogens (tertiary/aromatic N) is 1. The third kappa shape index (κ3) is 3.13. The van der Waals surface area contributed by atoms with Gasteiger partial charge in [0.25, 0.3) is 0 Å². The lowest BCUT2D eigenvalue weighted by atomic mass is 10.0. The quantitative estimate of drug-likeness (QED) is 0.781. The van der Waals surface area contributed by atoms with Gasteiger partial charge in [-0.1, -0.05) is 13.3 Å². The van der Waals surface area contributed by atoms with Crippen molar-refractivity contribution in [3.05, 3.63) is 23.5 Å². The van der Waals surface area contributed by atoms with E-state index in [1.807, 2.05) is 4.57 Å². The van der Waals surface area contributed by atoms with Gasteiger partial charge in [-0.05, 0) is 43.4 Å². The van der Waals surface area contributed by atoms with Crippen molar-refractivity contribution < 1.29 is 4.79 Å². The van der Waals surface area contributed by atoms with Crippen LogP contribution in [0.5, 0.6) is 0 Å². The van der Waals surface area contributed by atoms with Gasteiger partial charge in [-0.15, -0.1) is 0 Å². The lowest BCUT2D eigenvalue weighted by Crippen LogP contribution is -2.22. The first kappa shape index (κ1) is 13.1. The number of nitrogens with one attached hydrogen (secondary N) is 1. The molecule has 0 bridgehead atoms. The van der Waals surface area contributed by atoms with Crippen LogP contribution in [-0.2, 0) is 17.8 Å². The molecule has 0 fully saturated rings. The number of nitrogens with two attached hydrogens (primary N) is 1. The molecule has 1 aromatic rings. The fourth-order valence-corrected chi connectivity index (χ4v) is 2.72. The minimum absolute atomic E-state index is 0.279. The van der Waals surface area contributed by atoms with Crippen LogP contribution in [0.25, 0.3) is 0 Å². The van der Waals surface area contributed by atoms with E-state index in [-0.39, 0.29) is 12.5 Å². The molecule has 1 aromatic heterocycles. The molecule has 0 aromatic carbocycles. The van der Waals surface area contributed by atoms with Gasteiger partial charge in [0.05, 0.1) is 0 Å². The molecule has 4 nitrogen and oxygen atoms in total. The van der Waals surface area contributed by atoms with E-state index in [2.05, 4.69) is 24.6 Å². The Morgan fingerprint density at radius 1 is 1.50 bits per heavy atom. The molecule has 1 aliphatic carbocycles. The van der Waals surface area contributed by atoms with Gasteiger partial charge >= 0.3 is 0 Å². The number of aryl methyl sites for hydroxylation is 1. The van der Waals surface area contributed by atoms with Crippen LogP contribution in [0, 0.1) is 0 Å². The summed E-state index contributed by atoms with van der Waals surface area (Å²) in [5.74, 6) is -0.279. The summed E-state index contributed by atoms with van der Waals surface area (Å²) in [4.78, 5) is 11.0. The second-order valence-electron chi connectivity index (χ2n) is 5.13. The van der Waals surface area contributed by atoms with Crippen molar-refractivity contribution in [2.75, 3.05) is 6.54 Å². The Labute approximate surface area is 109 Å². The zero-order valence-corrected chi connectivity index (χ0v) is 11.1. The number of rotatable bonds is 5. The van der Waals surface area contributed by atoms with Crippen molar-refractivity contribution in [2.24, 2.45) is 5.73 Å². The highest BCUT2D eigenvalue weighted by molar-refractivity contribution is 5.73. The van der Waals surface area contributed by atoms with Crippen molar-refractivity contribution in [3.8, 4) is 0 Å². The third-order valence-electron chi connectivity index (χ3n) is 3.54. The van der Waals surface area contributed by atoms with E-state index < -0.39 is 0 Å². The summed E-state index contributed by atoms with van der Waals surface area (Å²) in [6.07, 6.45) is 10.1. The SMILES string of the molecule is CCCNC1CCCCc2cn(CC(N)=O)cc21. The molecule has 4 heteroatoms. The molecular weight excluding hydrogens is 226 g/mol. The second-order valence-corrected chi connectivity index (χ2v) is 5.13. The smallest absolute Gasteiger partial charge is 0.237 e. The maximum Gasteiger partial charge on any atom is 0.237 e. The van der Waals surface area contributed by atoms with Gasteiger partial charge in [0, 0.05) is 18.4 Å². The van der Waals surface area contributed by atoms with Crippen LogP contribution in [0.3, 0.4) is 0 Å². The van der Waals surface area contributed by atoms with Crippen molar-refractivity contribution in [1.29, 1.82) is 0 Å². The van der Waals surface area contributed by atoms with E-state index in [0.717, 1.165) is 19.4 Å². The number of carbonyl (C=O) groups excluding carboxylic acids is 1. The fraction of sp³-hybridized carbons (Fsp3) is 0.643. The molecular formula is C14H23N3O. The molecule has 3 N–H and O–H groups in total. The zero-order chi connectivity index (χ0) is 13.0. The predicted octanol–water partition coefficient (Wildman–Crippen LogP) is 1.74. The van der Waals surface area contributed by atoms with Crippen molar-refractivity contribution >= 4 is 5.91 Å². The van der Waals surface area contributed by atoms with E-state index in [1.54, 1.807) is 0 Å². The Hall–Kier alpha value is -1.29. The summed E-state index contributed by atoms with van der Waals surface area (Å²) < 4.78 is 1.93. The number of fused-ring (bicyclic) bond motifs is 1. The Kier molecular flexibility index (Phi) is 4.42. The molecule has 18 heavy (non-hydrogen) atoms. The second kappa shape index (κ2) is 6.05. The largest absolute Gasteiger partial charge is 0.368 e. The van der Waals surface area contributed by atoms with Gasteiger partial charge in [0.1, 0.15) is 6.54 Å². The molecule has 2 rings (SSSR count). The summed E-state index contributed by atoms with van der Waals surface area (Å²) >= 11 is 0. The summed E-state index contributed by atoms with van der Waals surface area (Å²) in [5, 5.41) is 3.60. The first-order valence-corrected chi connectivity index (χ1v) is 6.91. The highest BCUT2D eigenvalue weighted by Gasteiger charge is 2.20. The van der Waals surface area contributed by atoms with Gasteiger partial charge in [-0.2, -0.15) is 0 Å². The van der Waals surface area contributed by atoms with Crippen LogP contribution in [0.1, 0.15) is 49.8 Å². The van der Waals surface area contributed by atoms with E-state index in [9.17, 15) is 4.79 Å². The lowest BCUT2D eigenvalue weighted by Gasteiger charge is -2.16. The first-order valence-electron chi connectivity index (χ1n) is 6.91. The van der Waals surface area contributed by atoms with Gasteiger partial charge in [0.15, 0.2) is 0 Å². The zero-order valence-electron chi connectivity index (χ0n) is 11.1. The van der Waals surface area contributed by atoms with Crippen LogP contribution in [0.4, 0.5) is 0 Å². The molecule has 1 aliphatic rings. The number of hydrogen-bond donors (Lipinski definition) is 2. The number of primary amides is 1. The molecule has 0 radical (unpaired) electrons. The molecule has 1 heterocycles. The predicted molar refractivity (Wildman–Crippen MR) is 72.2 cm³/mol. The molecule has 1 amide bonds. The van der Waals surface area contributed by atoms with Gasteiger partial charge in [-0.25, -0.2) is 0 Å². The van der Waals surface area contributed by atoms with Crippen molar-refractivity contribution in [3.63, 3.8) is 0 Å². The average Bonchev–Trinajstić information content (AvgIpc) is 2.61. The van der Waals surface area contributed by atoms with Crippen LogP contribution in [-0.4, -0.2) is 17.0 Å². The van der Waals surface area contributed by atoms with Crippen LogP contribution < -0.4 is 11.1 Å². The van der Waals surface area contributed by atoms with E-state index in [4.69, 9.17) is 5.73 Å². The summed E-state index contributed by atoms with van der Waals surface area (Å²) in [6, 6.07) is 0.441. The standard InChI is InChI=1S/C14H23N3O/c1-2-7-16-13-6-4-3-5-11-8-17(9-12(11)13)10-14(15)18/h8-9,13,16H,2-7,10H2,1H3,(H2,15,18). The minimum atomic E-state index is -0.279. The summed E-state index contributed by atoms with van der Waals surface area (Å²) in [5.41, 5.74) is 7.99. The average molecular weight is 249 g/mol. The number of amides is 1. The lowest BCUT2D eigenvalue weighted by molar-refractivity contribution is -0.118. The van der Waals surface area contributed by atoms with Crippen LogP contribution in [0.2, 0.25) is 0 Å². The van der Waals surface area contributed by atoms with Crippen molar-refractivity contribution in [2.45, 2.75) is 51.6 Å². The Bertz CT molecular complexity index is 411. The van der Waals surface area contributed by atoms with Gasteiger partial charge in [0.2, 0.25) is 5.91 Å². The highest BCUT2D eigenvalue weighted by Crippen LogP contribution is 2.29. The maximum absolute atomic E-state index is 11.0. The van der Waals surface area contributed by atoms with Crippen LogP contribution >= 0.6 is 0 Å². The van der Waals surface area contributed by atoms with E-state index in [0.29, 0.717) is 6.04 Å². The third-order valence-corrected chi connectivity index (χ3v) is 3.54. The molecule has 0 spiro atoms. The number of hydrogen-bond acceptors (Lipinski definition) is 2. The summed E-state index contributed by atoms with van der Waals surface area (Å²) in [7, 11) is 0. The fourth-order valence-electron chi connectivity index (χ4n) is 2.72. The first-order chi connectivity index (χ1) is 8.70. The van der Waals surface area contributed by atoms with Crippen LogP contribution in [0.15, 0.2) is 12.4 Å². The maximum atomic E-state index is 11.0. The topological polar surface area (TPSA) is 60.1 Å². The molecule has 0 aliphatic heterocycles. The minimum Gasteiger partial charge on any atom is -0.368 e. The van der Waals surface area contributed by atoms with E-state index in [1.165, 1.54) is 30.4 Å². The van der Waals surface area contributed by atoms with Gasteiger partial charge in [-0.3, -0.25) is 4.79 Å². The monoisotopic (exact) mass is 249 g/mol. The molecule has 100 valence electrons. The number of aromatic nitrogens is 1. The number of carbonyl (C=O) groups is 1. The molecule has 0 saturated heterocycles.